The number of para-hydroxylation sites is 1. The van der Waals surface area contributed by atoms with E-state index in [1.807, 2.05) is 62.4 Å². The predicted octanol–water partition coefficient (Wildman–Crippen LogP) is 4.39. The van der Waals surface area contributed by atoms with Crippen LogP contribution in [0, 0.1) is 0 Å². The molecule has 0 saturated heterocycles. The van der Waals surface area contributed by atoms with E-state index in [1.165, 1.54) is 0 Å². The highest BCUT2D eigenvalue weighted by molar-refractivity contribution is 5.46. The maximum Gasteiger partial charge on any atom is 0.0884 e. The van der Waals surface area contributed by atoms with Gasteiger partial charge in [0.15, 0.2) is 0 Å². The van der Waals surface area contributed by atoms with Crippen LogP contribution in [-0.4, -0.2) is 10.7 Å². The second-order valence-electron chi connectivity index (χ2n) is 5.16. The Bertz CT molecular complexity index is 505. The molecule has 2 aromatic carbocycles. The molecule has 2 nitrogen and oxygen atoms in total. The van der Waals surface area contributed by atoms with Crippen molar-refractivity contribution in [3.63, 3.8) is 0 Å². The maximum absolute atomic E-state index is 10.9. The molecular weight excluding hydrogens is 246 g/mol. The summed E-state index contributed by atoms with van der Waals surface area (Å²) in [7, 11) is 0. The summed E-state index contributed by atoms with van der Waals surface area (Å²) in [5.41, 5.74) is 1.39. The predicted molar refractivity (Wildman–Crippen MR) is 84.8 cm³/mol. The molecule has 0 aliphatic rings. The van der Waals surface area contributed by atoms with Gasteiger partial charge in [0, 0.05) is 5.69 Å². The van der Waals surface area contributed by atoms with Crippen LogP contribution in [0.5, 0.6) is 0 Å². The average molecular weight is 269 g/mol. The normalized spacial score (nSPS) is 12.9. The van der Waals surface area contributed by atoms with Gasteiger partial charge in [0.25, 0.3) is 0 Å². The average Bonchev–Trinajstić information content (AvgIpc) is 2.54. The molecule has 0 aliphatic heterocycles. The van der Waals surface area contributed by atoms with Gasteiger partial charge >= 0.3 is 0 Å². The highest BCUT2D eigenvalue weighted by atomic mass is 16.3. The minimum atomic E-state index is -0.753. The molecule has 1 unspecified atom stereocenters. The molecule has 2 N–H and O–H groups in total. The lowest BCUT2D eigenvalue weighted by Gasteiger charge is -2.36. The lowest BCUT2D eigenvalue weighted by Crippen LogP contribution is -2.39. The summed E-state index contributed by atoms with van der Waals surface area (Å²) in [4.78, 5) is 0. The Morgan fingerprint density at radius 1 is 0.900 bits per heavy atom. The molecule has 0 amide bonds. The summed E-state index contributed by atoms with van der Waals surface area (Å²) >= 11 is 0. The molecular formula is C18H23NO. The van der Waals surface area contributed by atoms with Crippen molar-refractivity contribution in [2.45, 2.75) is 38.3 Å². The van der Waals surface area contributed by atoms with Gasteiger partial charge in [-0.15, -0.1) is 0 Å². The van der Waals surface area contributed by atoms with E-state index in [-0.39, 0.29) is 6.04 Å². The number of hydrogen-bond donors (Lipinski definition) is 2. The van der Waals surface area contributed by atoms with E-state index in [4.69, 9.17) is 0 Å². The third-order valence-corrected chi connectivity index (χ3v) is 3.98. The first-order valence-electron chi connectivity index (χ1n) is 7.28. The standard InChI is InChI=1S/C18H23NO/c1-3-18(20,4-2)17(15-11-7-5-8-12-15)19-16-13-9-6-10-14-16/h5-14,17,19-20H,3-4H2,1-2H3. The van der Waals surface area contributed by atoms with Crippen molar-refractivity contribution in [3.8, 4) is 0 Å². The zero-order valence-corrected chi connectivity index (χ0v) is 12.2. The number of anilines is 1. The Labute approximate surface area is 121 Å². The Morgan fingerprint density at radius 3 is 1.90 bits per heavy atom. The third kappa shape index (κ3) is 3.20. The third-order valence-electron chi connectivity index (χ3n) is 3.98. The summed E-state index contributed by atoms with van der Waals surface area (Å²) in [5, 5.41) is 14.4. The van der Waals surface area contributed by atoms with Crippen molar-refractivity contribution in [1.82, 2.24) is 0 Å². The van der Waals surface area contributed by atoms with Crippen molar-refractivity contribution in [1.29, 1.82) is 0 Å². The zero-order chi connectivity index (χ0) is 14.4. The van der Waals surface area contributed by atoms with E-state index in [0.717, 1.165) is 11.3 Å². The molecule has 0 spiro atoms. The maximum atomic E-state index is 10.9. The van der Waals surface area contributed by atoms with Gasteiger partial charge in [-0.25, -0.2) is 0 Å². The minimum Gasteiger partial charge on any atom is -0.387 e. The zero-order valence-electron chi connectivity index (χ0n) is 12.2. The van der Waals surface area contributed by atoms with Crippen LogP contribution in [-0.2, 0) is 0 Å². The van der Waals surface area contributed by atoms with Crippen LogP contribution in [0.25, 0.3) is 0 Å². The molecule has 0 saturated carbocycles. The van der Waals surface area contributed by atoms with E-state index in [2.05, 4.69) is 17.4 Å². The van der Waals surface area contributed by atoms with Crippen molar-refractivity contribution in [2.24, 2.45) is 0 Å². The summed E-state index contributed by atoms with van der Waals surface area (Å²) in [6.45, 7) is 4.07. The molecule has 0 heterocycles. The fraction of sp³-hybridized carbons (Fsp3) is 0.333. The first-order valence-corrected chi connectivity index (χ1v) is 7.28. The molecule has 1 atom stereocenters. The van der Waals surface area contributed by atoms with Gasteiger partial charge in [0.05, 0.1) is 11.6 Å². The molecule has 0 aromatic heterocycles. The number of benzene rings is 2. The summed E-state index contributed by atoms with van der Waals surface area (Å²) in [6, 6.07) is 20.1. The number of rotatable bonds is 6. The molecule has 0 bridgehead atoms. The lowest BCUT2D eigenvalue weighted by molar-refractivity contribution is 0.0122. The minimum absolute atomic E-state index is 0.110. The lowest BCUT2D eigenvalue weighted by atomic mass is 9.84. The molecule has 0 aliphatic carbocycles. The highest BCUT2D eigenvalue weighted by Crippen LogP contribution is 2.34. The largest absolute Gasteiger partial charge is 0.387 e. The van der Waals surface area contributed by atoms with Crippen LogP contribution >= 0.6 is 0 Å². The Morgan fingerprint density at radius 2 is 1.40 bits per heavy atom. The number of hydrogen-bond acceptors (Lipinski definition) is 2. The smallest absolute Gasteiger partial charge is 0.0884 e. The molecule has 106 valence electrons. The van der Waals surface area contributed by atoms with Crippen LogP contribution in [0.1, 0.15) is 38.3 Å². The van der Waals surface area contributed by atoms with Gasteiger partial charge in [-0.1, -0.05) is 62.4 Å². The number of nitrogens with one attached hydrogen (secondary N) is 1. The summed E-state index contributed by atoms with van der Waals surface area (Å²) in [6.07, 6.45) is 1.42. The van der Waals surface area contributed by atoms with Crippen LogP contribution in [0.15, 0.2) is 60.7 Å². The fourth-order valence-electron chi connectivity index (χ4n) is 2.53. The number of aliphatic hydroxyl groups is 1. The molecule has 0 fully saturated rings. The molecule has 2 rings (SSSR count). The molecule has 2 heteroatoms. The summed E-state index contributed by atoms with van der Waals surface area (Å²) in [5.74, 6) is 0. The van der Waals surface area contributed by atoms with E-state index in [1.54, 1.807) is 0 Å². The van der Waals surface area contributed by atoms with E-state index < -0.39 is 5.60 Å². The van der Waals surface area contributed by atoms with Crippen LogP contribution < -0.4 is 5.32 Å². The van der Waals surface area contributed by atoms with Crippen LogP contribution in [0.4, 0.5) is 5.69 Å². The quantitative estimate of drug-likeness (QED) is 0.815. The van der Waals surface area contributed by atoms with Gasteiger partial charge in [-0.05, 0) is 30.5 Å². The fourth-order valence-corrected chi connectivity index (χ4v) is 2.53. The van der Waals surface area contributed by atoms with Gasteiger partial charge in [-0.2, -0.15) is 0 Å². The second kappa shape index (κ2) is 6.58. The van der Waals surface area contributed by atoms with Gasteiger partial charge in [0.2, 0.25) is 0 Å². The van der Waals surface area contributed by atoms with E-state index in [0.29, 0.717) is 12.8 Å². The van der Waals surface area contributed by atoms with E-state index in [9.17, 15) is 5.11 Å². The van der Waals surface area contributed by atoms with Crippen LogP contribution in [0.2, 0.25) is 0 Å². The topological polar surface area (TPSA) is 32.3 Å². The van der Waals surface area contributed by atoms with Gasteiger partial charge in [0.1, 0.15) is 0 Å². The van der Waals surface area contributed by atoms with Crippen molar-refractivity contribution >= 4 is 5.69 Å². The van der Waals surface area contributed by atoms with Crippen molar-refractivity contribution in [2.75, 3.05) is 5.32 Å². The first-order chi connectivity index (χ1) is 9.69. The molecule has 20 heavy (non-hydrogen) atoms. The second-order valence-corrected chi connectivity index (χ2v) is 5.16. The Balaban J connectivity index is 2.34. The molecule has 0 radical (unpaired) electrons. The first kappa shape index (κ1) is 14.6. The van der Waals surface area contributed by atoms with Crippen molar-refractivity contribution in [3.05, 3.63) is 66.2 Å². The monoisotopic (exact) mass is 269 g/mol. The van der Waals surface area contributed by atoms with Gasteiger partial charge in [-0.3, -0.25) is 0 Å². The Hall–Kier alpha value is -1.80. The highest BCUT2D eigenvalue weighted by Gasteiger charge is 2.34. The van der Waals surface area contributed by atoms with Crippen LogP contribution in [0.3, 0.4) is 0 Å². The van der Waals surface area contributed by atoms with E-state index >= 15 is 0 Å². The summed E-state index contributed by atoms with van der Waals surface area (Å²) < 4.78 is 0. The SMILES string of the molecule is CCC(O)(CC)C(Nc1ccccc1)c1ccccc1. The van der Waals surface area contributed by atoms with Gasteiger partial charge < -0.3 is 10.4 Å². The van der Waals surface area contributed by atoms with Crippen molar-refractivity contribution < 1.29 is 5.11 Å². The Kier molecular flexibility index (Phi) is 4.80. The molecule has 2 aromatic rings.